The zero-order chi connectivity index (χ0) is 14.6. The number of aromatic nitrogens is 1. The van der Waals surface area contributed by atoms with Crippen LogP contribution in [0, 0.1) is 0 Å². The zero-order valence-corrected chi connectivity index (χ0v) is 10.2. The maximum absolute atomic E-state index is 12.5. The molecule has 0 saturated carbocycles. The van der Waals surface area contributed by atoms with Crippen LogP contribution in [-0.2, 0) is 11.0 Å². The minimum atomic E-state index is -4.58. The van der Waals surface area contributed by atoms with Crippen LogP contribution in [0.25, 0.3) is 6.08 Å². The van der Waals surface area contributed by atoms with Crippen molar-refractivity contribution in [3.05, 3.63) is 29.5 Å². The predicted molar refractivity (Wildman–Crippen MR) is 61.7 cm³/mol. The molecule has 0 unspecified atom stereocenters. The number of carboxylic acids is 1. The number of aliphatic carboxylic acids is 1. The monoisotopic (exact) mass is 275 g/mol. The van der Waals surface area contributed by atoms with Crippen molar-refractivity contribution in [1.29, 1.82) is 0 Å². The smallest absolute Gasteiger partial charge is 0.433 e. The van der Waals surface area contributed by atoms with E-state index in [4.69, 9.17) is 9.84 Å². The van der Waals surface area contributed by atoms with Gasteiger partial charge in [0.25, 0.3) is 0 Å². The number of alkyl halides is 3. The van der Waals surface area contributed by atoms with Gasteiger partial charge in [0.05, 0.1) is 6.10 Å². The van der Waals surface area contributed by atoms with Crippen LogP contribution in [0.4, 0.5) is 13.2 Å². The highest BCUT2D eigenvalue weighted by atomic mass is 19.4. The summed E-state index contributed by atoms with van der Waals surface area (Å²) in [5, 5.41) is 8.50. The third-order valence-corrected chi connectivity index (χ3v) is 1.93. The van der Waals surface area contributed by atoms with E-state index < -0.39 is 17.8 Å². The normalized spacial score (nSPS) is 12.1. The highest BCUT2D eigenvalue weighted by Gasteiger charge is 2.33. The number of nitrogens with zero attached hydrogens (tertiary/aromatic N) is 1. The maximum atomic E-state index is 12.5. The van der Waals surface area contributed by atoms with Crippen LogP contribution in [0.2, 0.25) is 0 Å². The molecule has 4 nitrogen and oxygen atoms in total. The Morgan fingerprint density at radius 1 is 1.42 bits per heavy atom. The van der Waals surface area contributed by atoms with Gasteiger partial charge in [-0.15, -0.1) is 0 Å². The summed E-state index contributed by atoms with van der Waals surface area (Å²) in [5.41, 5.74) is -0.917. The molecule has 19 heavy (non-hydrogen) atoms. The summed E-state index contributed by atoms with van der Waals surface area (Å²) in [6.07, 6.45) is -3.03. The van der Waals surface area contributed by atoms with Gasteiger partial charge in [-0.1, -0.05) is 0 Å². The van der Waals surface area contributed by atoms with E-state index in [0.717, 1.165) is 24.3 Å². The quantitative estimate of drug-likeness (QED) is 0.858. The Balaban J connectivity index is 3.20. The topological polar surface area (TPSA) is 59.4 Å². The number of ether oxygens (including phenoxy) is 1. The molecule has 1 heterocycles. The Morgan fingerprint density at radius 2 is 2.05 bits per heavy atom. The van der Waals surface area contributed by atoms with Gasteiger partial charge >= 0.3 is 12.1 Å². The molecular weight excluding hydrogens is 263 g/mol. The summed E-state index contributed by atoms with van der Waals surface area (Å²) < 4.78 is 42.7. The Bertz CT molecular complexity index is 495. The standard InChI is InChI=1S/C12H12F3NO3/c1-7(2)19-11-8(4-6-10(17)18)3-5-9(16-11)12(13,14)15/h3-7H,1-2H3,(H,17,18). The number of halogens is 3. The first-order valence-electron chi connectivity index (χ1n) is 5.36. The molecule has 104 valence electrons. The molecule has 0 saturated heterocycles. The van der Waals surface area contributed by atoms with Gasteiger partial charge in [-0.25, -0.2) is 9.78 Å². The molecule has 0 atom stereocenters. The fraction of sp³-hybridized carbons (Fsp3) is 0.333. The SMILES string of the molecule is CC(C)Oc1nc(C(F)(F)F)ccc1C=CC(=O)O. The van der Waals surface area contributed by atoms with Crippen molar-refractivity contribution in [2.75, 3.05) is 0 Å². The molecule has 0 aliphatic carbocycles. The lowest BCUT2D eigenvalue weighted by Crippen LogP contribution is -2.13. The Kier molecular flexibility index (Phi) is 4.52. The number of carboxylic acid groups (broad SMARTS) is 1. The molecule has 0 aromatic carbocycles. The van der Waals surface area contributed by atoms with Crippen LogP contribution in [0.15, 0.2) is 18.2 Å². The van der Waals surface area contributed by atoms with Crippen LogP contribution in [0.3, 0.4) is 0 Å². The van der Waals surface area contributed by atoms with Crippen molar-refractivity contribution < 1.29 is 27.8 Å². The minimum absolute atomic E-state index is 0.170. The Labute approximate surface area is 107 Å². The number of hydrogen-bond acceptors (Lipinski definition) is 3. The lowest BCUT2D eigenvalue weighted by molar-refractivity contribution is -0.141. The molecule has 1 N–H and O–H groups in total. The van der Waals surface area contributed by atoms with E-state index >= 15 is 0 Å². The largest absolute Gasteiger partial charge is 0.478 e. The molecule has 0 radical (unpaired) electrons. The van der Waals surface area contributed by atoms with E-state index in [1.165, 1.54) is 0 Å². The highest BCUT2D eigenvalue weighted by Crippen LogP contribution is 2.30. The first kappa shape index (κ1) is 15.0. The van der Waals surface area contributed by atoms with Gasteiger partial charge in [-0.3, -0.25) is 0 Å². The summed E-state index contributed by atoms with van der Waals surface area (Å²) in [7, 11) is 0. The van der Waals surface area contributed by atoms with E-state index in [0.29, 0.717) is 0 Å². The Morgan fingerprint density at radius 3 is 2.53 bits per heavy atom. The fourth-order valence-electron chi connectivity index (χ4n) is 1.21. The highest BCUT2D eigenvalue weighted by molar-refractivity contribution is 5.85. The van der Waals surface area contributed by atoms with Gasteiger partial charge in [-0.2, -0.15) is 13.2 Å². The van der Waals surface area contributed by atoms with Gasteiger partial charge in [0.15, 0.2) is 0 Å². The molecule has 1 rings (SSSR count). The predicted octanol–water partition coefficient (Wildman–Crippen LogP) is 2.99. The minimum Gasteiger partial charge on any atom is -0.478 e. The van der Waals surface area contributed by atoms with Crippen molar-refractivity contribution in [3.63, 3.8) is 0 Å². The third kappa shape index (κ3) is 4.61. The van der Waals surface area contributed by atoms with E-state index in [1.54, 1.807) is 13.8 Å². The molecule has 0 aliphatic heterocycles. The molecule has 0 bridgehead atoms. The second-order valence-corrected chi connectivity index (χ2v) is 3.93. The van der Waals surface area contributed by atoms with Crippen molar-refractivity contribution in [2.45, 2.75) is 26.1 Å². The van der Waals surface area contributed by atoms with E-state index in [9.17, 15) is 18.0 Å². The molecule has 0 spiro atoms. The summed E-state index contributed by atoms with van der Waals surface area (Å²) >= 11 is 0. The molecular formula is C12H12F3NO3. The third-order valence-electron chi connectivity index (χ3n) is 1.93. The second-order valence-electron chi connectivity index (χ2n) is 3.93. The first-order chi connectivity index (χ1) is 8.70. The molecule has 0 aliphatic rings. The number of hydrogen-bond donors (Lipinski definition) is 1. The lowest BCUT2D eigenvalue weighted by atomic mass is 10.2. The van der Waals surface area contributed by atoms with Crippen molar-refractivity contribution in [2.24, 2.45) is 0 Å². The van der Waals surface area contributed by atoms with Gasteiger partial charge < -0.3 is 9.84 Å². The van der Waals surface area contributed by atoms with E-state index in [-0.39, 0.29) is 17.5 Å². The van der Waals surface area contributed by atoms with Crippen LogP contribution >= 0.6 is 0 Å². The van der Waals surface area contributed by atoms with Crippen molar-refractivity contribution >= 4 is 12.0 Å². The molecule has 0 amide bonds. The van der Waals surface area contributed by atoms with Gasteiger partial charge in [0.1, 0.15) is 5.69 Å². The molecule has 1 aromatic rings. The van der Waals surface area contributed by atoms with Crippen molar-refractivity contribution in [3.8, 4) is 5.88 Å². The summed E-state index contributed by atoms with van der Waals surface area (Å²) in [6, 6.07) is 1.89. The van der Waals surface area contributed by atoms with Crippen LogP contribution in [0.5, 0.6) is 5.88 Å². The summed E-state index contributed by atoms with van der Waals surface area (Å²) in [5.74, 6) is -1.46. The Hall–Kier alpha value is -2.05. The van der Waals surface area contributed by atoms with Crippen LogP contribution in [0.1, 0.15) is 25.1 Å². The zero-order valence-electron chi connectivity index (χ0n) is 10.2. The van der Waals surface area contributed by atoms with Crippen LogP contribution in [-0.4, -0.2) is 22.2 Å². The second kappa shape index (κ2) is 5.73. The van der Waals surface area contributed by atoms with E-state index in [1.807, 2.05) is 0 Å². The van der Waals surface area contributed by atoms with Gasteiger partial charge in [0.2, 0.25) is 5.88 Å². The fourth-order valence-corrected chi connectivity index (χ4v) is 1.21. The first-order valence-corrected chi connectivity index (χ1v) is 5.36. The average molecular weight is 275 g/mol. The maximum Gasteiger partial charge on any atom is 0.433 e. The van der Waals surface area contributed by atoms with Gasteiger partial charge in [0, 0.05) is 11.6 Å². The van der Waals surface area contributed by atoms with E-state index in [2.05, 4.69) is 4.98 Å². The number of rotatable bonds is 4. The summed E-state index contributed by atoms with van der Waals surface area (Å²) in [6.45, 7) is 3.26. The number of carbonyl (C=O) groups is 1. The van der Waals surface area contributed by atoms with Crippen LogP contribution < -0.4 is 4.74 Å². The average Bonchev–Trinajstić information content (AvgIpc) is 2.25. The van der Waals surface area contributed by atoms with Crippen molar-refractivity contribution in [1.82, 2.24) is 4.98 Å². The molecule has 1 aromatic heterocycles. The molecule has 7 heteroatoms. The lowest BCUT2D eigenvalue weighted by Gasteiger charge is -2.13. The number of pyridine rings is 1. The molecule has 0 fully saturated rings. The van der Waals surface area contributed by atoms with Gasteiger partial charge in [-0.05, 0) is 32.1 Å². The summed E-state index contributed by atoms with van der Waals surface area (Å²) in [4.78, 5) is 13.8.